The third-order valence-corrected chi connectivity index (χ3v) is 3.01. The van der Waals surface area contributed by atoms with E-state index in [0.29, 0.717) is 18.3 Å². The van der Waals surface area contributed by atoms with Crippen LogP contribution in [-0.2, 0) is 0 Å². The molecule has 3 heterocycles. The minimum Gasteiger partial charge on any atom is -0.391 e. The number of hydrogen-bond donors (Lipinski definition) is 1. The van der Waals surface area contributed by atoms with Crippen LogP contribution < -0.4 is 4.90 Å². The van der Waals surface area contributed by atoms with Crippen LogP contribution >= 0.6 is 0 Å². The van der Waals surface area contributed by atoms with Crippen molar-refractivity contribution >= 4 is 5.82 Å². The lowest BCUT2D eigenvalue weighted by Crippen LogP contribution is -2.22. The number of β-amino-alcohol motifs (C(OH)–C–C–N with tert-alkyl or cyclic N) is 1. The van der Waals surface area contributed by atoms with Gasteiger partial charge in [-0.2, -0.15) is 4.98 Å². The van der Waals surface area contributed by atoms with Gasteiger partial charge < -0.3 is 14.5 Å². The van der Waals surface area contributed by atoms with Crippen molar-refractivity contribution in [1.82, 2.24) is 15.1 Å². The summed E-state index contributed by atoms with van der Waals surface area (Å²) in [5.74, 6) is 1.94. The van der Waals surface area contributed by atoms with Crippen molar-refractivity contribution in [2.75, 3.05) is 18.0 Å². The molecule has 0 amide bonds. The minimum absolute atomic E-state index is 0.263. The summed E-state index contributed by atoms with van der Waals surface area (Å²) in [7, 11) is 0. The summed E-state index contributed by atoms with van der Waals surface area (Å²) in [6.07, 6.45) is 2.24. The quantitative estimate of drug-likeness (QED) is 0.852. The van der Waals surface area contributed by atoms with E-state index in [2.05, 4.69) is 20.0 Å². The number of aliphatic hydroxyl groups is 1. The van der Waals surface area contributed by atoms with Crippen LogP contribution in [-0.4, -0.2) is 39.4 Å². The smallest absolute Gasteiger partial charge is 0.258 e. The van der Waals surface area contributed by atoms with Crippen LogP contribution in [0, 0.1) is 6.92 Å². The number of pyridine rings is 1. The van der Waals surface area contributed by atoms with Crippen molar-refractivity contribution in [2.45, 2.75) is 19.4 Å². The average Bonchev–Trinajstić information content (AvgIpc) is 2.98. The molecular formula is C12H14N4O2. The maximum absolute atomic E-state index is 9.54. The summed E-state index contributed by atoms with van der Waals surface area (Å²) in [6, 6.07) is 3.74. The number of nitrogens with zero attached hydrogens (tertiary/aromatic N) is 4. The normalized spacial score (nSPS) is 19.4. The van der Waals surface area contributed by atoms with Crippen molar-refractivity contribution < 1.29 is 9.63 Å². The third kappa shape index (κ3) is 2.06. The molecule has 0 bridgehead atoms. The van der Waals surface area contributed by atoms with Crippen LogP contribution in [0.3, 0.4) is 0 Å². The second kappa shape index (κ2) is 4.38. The van der Waals surface area contributed by atoms with Gasteiger partial charge in [-0.05, 0) is 25.5 Å². The van der Waals surface area contributed by atoms with E-state index in [1.54, 1.807) is 13.1 Å². The van der Waals surface area contributed by atoms with E-state index in [1.807, 2.05) is 12.1 Å². The van der Waals surface area contributed by atoms with Gasteiger partial charge in [-0.25, -0.2) is 4.98 Å². The fraction of sp³-hybridized carbons (Fsp3) is 0.417. The predicted molar refractivity (Wildman–Crippen MR) is 65.1 cm³/mol. The minimum atomic E-state index is -0.263. The fourth-order valence-corrected chi connectivity index (χ4v) is 2.09. The molecule has 0 radical (unpaired) electrons. The first kappa shape index (κ1) is 11.2. The van der Waals surface area contributed by atoms with Crippen LogP contribution in [0.25, 0.3) is 11.5 Å². The number of aromatic nitrogens is 3. The molecule has 1 aliphatic heterocycles. The molecule has 94 valence electrons. The molecule has 0 unspecified atom stereocenters. The van der Waals surface area contributed by atoms with Gasteiger partial charge in [0.05, 0.1) is 6.10 Å². The van der Waals surface area contributed by atoms with Gasteiger partial charge in [0.25, 0.3) is 5.89 Å². The number of aliphatic hydroxyl groups excluding tert-OH is 1. The highest BCUT2D eigenvalue weighted by molar-refractivity contribution is 5.58. The third-order valence-electron chi connectivity index (χ3n) is 3.01. The molecule has 0 aliphatic carbocycles. The van der Waals surface area contributed by atoms with Gasteiger partial charge in [-0.15, -0.1) is 0 Å². The summed E-state index contributed by atoms with van der Waals surface area (Å²) in [4.78, 5) is 10.6. The number of aryl methyl sites for hydroxylation is 1. The van der Waals surface area contributed by atoms with Crippen LogP contribution in [0.1, 0.15) is 12.2 Å². The Bertz CT molecular complexity index is 555. The Balaban J connectivity index is 1.89. The molecule has 0 spiro atoms. The van der Waals surface area contributed by atoms with Gasteiger partial charge in [0.1, 0.15) is 5.82 Å². The zero-order valence-corrected chi connectivity index (χ0v) is 10.1. The second-order valence-corrected chi connectivity index (χ2v) is 4.44. The first-order valence-electron chi connectivity index (χ1n) is 5.92. The fourth-order valence-electron chi connectivity index (χ4n) is 2.09. The van der Waals surface area contributed by atoms with Gasteiger partial charge >= 0.3 is 0 Å². The summed E-state index contributed by atoms with van der Waals surface area (Å²) in [5.41, 5.74) is 0.849. The van der Waals surface area contributed by atoms with E-state index < -0.39 is 0 Å². The lowest BCUT2D eigenvalue weighted by molar-refractivity contribution is 0.198. The number of hydrogen-bond acceptors (Lipinski definition) is 6. The maximum atomic E-state index is 9.54. The van der Waals surface area contributed by atoms with E-state index in [4.69, 9.17) is 4.52 Å². The van der Waals surface area contributed by atoms with Crippen LogP contribution in [0.5, 0.6) is 0 Å². The van der Waals surface area contributed by atoms with E-state index >= 15 is 0 Å². The van der Waals surface area contributed by atoms with E-state index in [0.717, 1.165) is 24.3 Å². The zero-order valence-electron chi connectivity index (χ0n) is 10.1. The van der Waals surface area contributed by atoms with Gasteiger partial charge in [0, 0.05) is 24.8 Å². The molecule has 0 aromatic carbocycles. The van der Waals surface area contributed by atoms with E-state index in [9.17, 15) is 5.11 Å². The highest BCUT2D eigenvalue weighted by Crippen LogP contribution is 2.23. The van der Waals surface area contributed by atoms with Crippen LogP contribution in [0.15, 0.2) is 22.9 Å². The Labute approximate surface area is 104 Å². The van der Waals surface area contributed by atoms with Gasteiger partial charge in [-0.3, -0.25) is 0 Å². The molecule has 1 fully saturated rings. The van der Waals surface area contributed by atoms with Gasteiger partial charge in [-0.1, -0.05) is 5.16 Å². The van der Waals surface area contributed by atoms with Gasteiger partial charge in [0.15, 0.2) is 5.82 Å². The lowest BCUT2D eigenvalue weighted by atomic mass is 10.2. The lowest BCUT2D eigenvalue weighted by Gasteiger charge is -2.16. The standard InChI is InChI=1S/C12H14N4O2/c1-8-14-12(18-15-8)9-2-4-13-11(6-9)16-5-3-10(17)7-16/h2,4,6,10,17H,3,5,7H2,1H3/t10-/m0/s1. The molecule has 3 rings (SSSR count). The Morgan fingerprint density at radius 1 is 1.50 bits per heavy atom. The average molecular weight is 246 g/mol. The van der Waals surface area contributed by atoms with Crippen molar-refractivity contribution in [3.05, 3.63) is 24.2 Å². The number of anilines is 1. The molecule has 18 heavy (non-hydrogen) atoms. The maximum Gasteiger partial charge on any atom is 0.258 e. The summed E-state index contributed by atoms with van der Waals surface area (Å²) < 4.78 is 5.13. The monoisotopic (exact) mass is 246 g/mol. The van der Waals surface area contributed by atoms with Crippen LogP contribution in [0.2, 0.25) is 0 Å². The second-order valence-electron chi connectivity index (χ2n) is 4.44. The highest BCUT2D eigenvalue weighted by Gasteiger charge is 2.21. The van der Waals surface area contributed by atoms with E-state index in [1.165, 1.54) is 0 Å². The van der Waals surface area contributed by atoms with E-state index in [-0.39, 0.29) is 6.10 Å². The Morgan fingerprint density at radius 3 is 3.06 bits per heavy atom. The highest BCUT2D eigenvalue weighted by atomic mass is 16.5. The molecule has 2 aromatic heterocycles. The molecule has 6 nitrogen and oxygen atoms in total. The SMILES string of the molecule is Cc1noc(-c2ccnc(N3CC[C@H](O)C3)c2)n1. The van der Waals surface area contributed by atoms with Crippen LogP contribution in [0.4, 0.5) is 5.82 Å². The van der Waals surface area contributed by atoms with Crippen molar-refractivity contribution in [2.24, 2.45) is 0 Å². The zero-order chi connectivity index (χ0) is 12.5. The predicted octanol–water partition coefficient (Wildman–Crippen LogP) is 1.01. The summed E-state index contributed by atoms with van der Waals surface area (Å²) >= 11 is 0. The first-order chi connectivity index (χ1) is 8.72. The Kier molecular flexibility index (Phi) is 2.71. The summed E-state index contributed by atoms with van der Waals surface area (Å²) in [6.45, 7) is 3.23. The molecule has 1 atom stereocenters. The van der Waals surface area contributed by atoms with Crippen molar-refractivity contribution in [3.63, 3.8) is 0 Å². The molecule has 1 aliphatic rings. The Morgan fingerprint density at radius 2 is 2.39 bits per heavy atom. The van der Waals surface area contributed by atoms with Gasteiger partial charge in [0.2, 0.25) is 0 Å². The number of rotatable bonds is 2. The topological polar surface area (TPSA) is 75.3 Å². The molecular weight excluding hydrogens is 232 g/mol. The van der Waals surface area contributed by atoms with Crippen molar-refractivity contribution in [3.8, 4) is 11.5 Å². The molecule has 6 heteroatoms. The largest absolute Gasteiger partial charge is 0.391 e. The molecule has 2 aromatic rings. The summed E-state index contributed by atoms with van der Waals surface area (Å²) in [5, 5.41) is 13.3. The molecule has 1 saturated heterocycles. The molecule has 0 saturated carbocycles. The molecule has 1 N–H and O–H groups in total. The first-order valence-corrected chi connectivity index (χ1v) is 5.92. The van der Waals surface area contributed by atoms with Crippen molar-refractivity contribution in [1.29, 1.82) is 0 Å². The Hall–Kier alpha value is -1.95.